The Hall–Kier alpha value is -3.76. The maximum absolute atomic E-state index is 13.0. The molecule has 3 aromatic rings. The molecule has 200 valence electrons. The monoisotopic (exact) mass is 536 g/mol. The van der Waals surface area contributed by atoms with Crippen LogP contribution in [-0.2, 0) is 14.8 Å². The first kappa shape index (κ1) is 27.3. The summed E-state index contributed by atoms with van der Waals surface area (Å²) in [6.07, 6.45) is 4.26. The molecule has 1 N–H and O–H groups in total. The van der Waals surface area contributed by atoms with Gasteiger partial charge in [-0.25, -0.2) is 18.6 Å². The molecule has 2 heterocycles. The van der Waals surface area contributed by atoms with Gasteiger partial charge in [-0.05, 0) is 82.1 Å². The van der Waals surface area contributed by atoms with E-state index >= 15 is 0 Å². The summed E-state index contributed by atoms with van der Waals surface area (Å²) in [6.45, 7) is 6.97. The van der Waals surface area contributed by atoms with E-state index in [1.807, 2.05) is 36.6 Å². The van der Waals surface area contributed by atoms with E-state index in [-0.39, 0.29) is 16.4 Å². The molecule has 0 saturated carbocycles. The van der Waals surface area contributed by atoms with E-state index in [2.05, 4.69) is 10.5 Å². The predicted molar refractivity (Wildman–Crippen MR) is 145 cm³/mol. The fraction of sp³-hybridized carbons (Fsp3) is 0.321. The molecule has 4 rings (SSSR count). The zero-order valence-electron chi connectivity index (χ0n) is 21.8. The minimum Gasteiger partial charge on any atom is -0.462 e. The molecule has 0 spiro atoms. The highest BCUT2D eigenvalue weighted by atomic mass is 32.2. The molecule has 0 radical (unpaired) electrons. The number of piperidine rings is 1. The number of esters is 1. The fourth-order valence-corrected chi connectivity index (χ4v) is 6.12. The van der Waals surface area contributed by atoms with Gasteiger partial charge in [0.15, 0.2) is 0 Å². The number of nitrogens with zero attached hydrogens (tertiary/aromatic N) is 3. The van der Waals surface area contributed by atoms with Gasteiger partial charge in [-0.2, -0.15) is 9.41 Å². The summed E-state index contributed by atoms with van der Waals surface area (Å²) in [7, 11) is -3.64. The lowest BCUT2D eigenvalue weighted by Gasteiger charge is -2.25. The number of carbonyl (C=O) groups excluding carboxylic acids is 2. The number of rotatable bonds is 8. The van der Waals surface area contributed by atoms with Crippen molar-refractivity contribution in [2.24, 2.45) is 5.10 Å². The van der Waals surface area contributed by atoms with Crippen LogP contribution in [0.4, 0.5) is 0 Å². The number of carbonyl (C=O) groups is 2. The number of hydrazone groups is 1. The van der Waals surface area contributed by atoms with Gasteiger partial charge in [0.1, 0.15) is 0 Å². The Morgan fingerprint density at radius 3 is 2.39 bits per heavy atom. The Bertz CT molecular complexity index is 1450. The molecular weight excluding hydrogens is 504 g/mol. The predicted octanol–water partition coefficient (Wildman–Crippen LogP) is 4.21. The van der Waals surface area contributed by atoms with Gasteiger partial charge >= 0.3 is 5.97 Å². The summed E-state index contributed by atoms with van der Waals surface area (Å²) in [5.74, 6) is -0.862. The van der Waals surface area contributed by atoms with Crippen LogP contribution in [0.3, 0.4) is 0 Å². The first-order valence-electron chi connectivity index (χ1n) is 12.6. The summed E-state index contributed by atoms with van der Waals surface area (Å²) in [6, 6.07) is 15.1. The molecule has 10 heteroatoms. The van der Waals surface area contributed by atoms with Crippen molar-refractivity contribution in [3.05, 3.63) is 82.7 Å². The molecule has 9 nitrogen and oxygen atoms in total. The Labute approximate surface area is 223 Å². The standard InChI is InChI=1S/C28H32N4O5S/c1-4-37-28(34)22-11-13-25(14-12-22)32-20(2)17-24(21(32)3)19-29-30-27(33)23-9-8-10-26(18-23)38(35,36)31-15-6-5-7-16-31/h8-14,17-19H,4-7,15-16H2,1-3H3,(H,30,33)/b29-19+. The van der Waals surface area contributed by atoms with Gasteiger partial charge in [0.25, 0.3) is 5.91 Å². The molecule has 1 aliphatic rings. The highest BCUT2D eigenvalue weighted by Gasteiger charge is 2.26. The third kappa shape index (κ3) is 5.87. The molecular formula is C28H32N4O5S. The van der Waals surface area contributed by atoms with Crippen molar-refractivity contribution in [1.29, 1.82) is 0 Å². The van der Waals surface area contributed by atoms with E-state index in [0.29, 0.717) is 25.3 Å². The van der Waals surface area contributed by atoms with Gasteiger partial charge in [0, 0.05) is 41.3 Å². The number of aromatic nitrogens is 1. The lowest BCUT2D eigenvalue weighted by atomic mass is 10.2. The molecule has 0 atom stereocenters. The van der Waals surface area contributed by atoms with Crippen molar-refractivity contribution in [2.75, 3.05) is 19.7 Å². The van der Waals surface area contributed by atoms with Crippen LogP contribution in [-0.4, -0.2) is 55.1 Å². The minimum atomic E-state index is -3.64. The number of sulfonamides is 1. The Morgan fingerprint density at radius 1 is 1.00 bits per heavy atom. The maximum Gasteiger partial charge on any atom is 0.338 e. The van der Waals surface area contributed by atoms with Crippen LogP contribution >= 0.6 is 0 Å². The average Bonchev–Trinajstić information content (AvgIpc) is 3.21. The molecule has 2 aromatic carbocycles. The van der Waals surface area contributed by atoms with Crippen LogP contribution in [0.15, 0.2) is 64.6 Å². The topological polar surface area (TPSA) is 110 Å². The molecule has 38 heavy (non-hydrogen) atoms. The second-order valence-corrected chi connectivity index (χ2v) is 11.1. The molecule has 1 aromatic heterocycles. The molecule has 1 aliphatic heterocycles. The average molecular weight is 537 g/mol. The number of amides is 1. The van der Waals surface area contributed by atoms with Crippen LogP contribution in [0.1, 0.15) is 63.9 Å². The zero-order valence-corrected chi connectivity index (χ0v) is 22.6. The summed E-state index contributed by atoms with van der Waals surface area (Å²) in [4.78, 5) is 24.8. The van der Waals surface area contributed by atoms with E-state index in [9.17, 15) is 18.0 Å². The van der Waals surface area contributed by atoms with Crippen molar-refractivity contribution < 1.29 is 22.7 Å². The van der Waals surface area contributed by atoms with Crippen molar-refractivity contribution in [3.63, 3.8) is 0 Å². The SMILES string of the molecule is CCOC(=O)c1ccc(-n2c(C)cc(/C=N/NC(=O)c3cccc(S(=O)(=O)N4CCCCC4)c3)c2C)cc1. The molecule has 0 bridgehead atoms. The normalized spacial score (nSPS) is 14.5. The quantitative estimate of drug-likeness (QED) is 0.264. The van der Waals surface area contributed by atoms with Crippen molar-refractivity contribution >= 4 is 28.1 Å². The van der Waals surface area contributed by atoms with Gasteiger partial charge in [0.2, 0.25) is 10.0 Å². The van der Waals surface area contributed by atoms with E-state index in [0.717, 1.165) is 41.9 Å². The summed E-state index contributed by atoms with van der Waals surface area (Å²) in [5, 5.41) is 4.11. The smallest absolute Gasteiger partial charge is 0.338 e. The van der Waals surface area contributed by atoms with Crippen molar-refractivity contribution in [3.8, 4) is 5.69 Å². The van der Waals surface area contributed by atoms with E-state index < -0.39 is 15.9 Å². The second-order valence-electron chi connectivity index (χ2n) is 9.12. The third-order valence-corrected chi connectivity index (χ3v) is 8.42. The highest BCUT2D eigenvalue weighted by Crippen LogP contribution is 2.22. The zero-order chi connectivity index (χ0) is 27.3. The highest BCUT2D eigenvalue weighted by molar-refractivity contribution is 7.89. The fourth-order valence-electron chi connectivity index (χ4n) is 4.55. The molecule has 1 amide bonds. The van der Waals surface area contributed by atoms with Gasteiger partial charge < -0.3 is 9.30 Å². The number of nitrogens with one attached hydrogen (secondary N) is 1. The number of ether oxygens (including phenoxy) is 1. The van der Waals surface area contributed by atoms with E-state index in [4.69, 9.17) is 4.74 Å². The third-order valence-electron chi connectivity index (χ3n) is 6.53. The van der Waals surface area contributed by atoms with Gasteiger partial charge in [-0.3, -0.25) is 4.79 Å². The lowest BCUT2D eigenvalue weighted by Crippen LogP contribution is -2.35. The Balaban J connectivity index is 1.46. The minimum absolute atomic E-state index is 0.105. The van der Waals surface area contributed by atoms with Crippen LogP contribution in [0.5, 0.6) is 0 Å². The van der Waals surface area contributed by atoms with Crippen LogP contribution in [0, 0.1) is 13.8 Å². The van der Waals surface area contributed by atoms with Gasteiger partial charge in [-0.1, -0.05) is 12.5 Å². The molecule has 0 aliphatic carbocycles. The van der Waals surface area contributed by atoms with E-state index in [1.165, 1.54) is 16.4 Å². The first-order chi connectivity index (χ1) is 18.2. The van der Waals surface area contributed by atoms with Crippen LogP contribution < -0.4 is 5.43 Å². The van der Waals surface area contributed by atoms with Crippen molar-refractivity contribution in [1.82, 2.24) is 14.3 Å². The summed E-state index contributed by atoms with van der Waals surface area (Å²) in [5.41, 5.74) is 6.73. The molecule has 1 fully saturated rings. The summed E-state index contributed by atoms with van der Waals surface area (Å²) >= 11 is 0. The van der Waals surface area contributed by atoms with Crippen molar-refractivity contribution in [2.45, 2.75) is 44.9 Å². The molecule has 0 unspecified atom stereocenters. The van der Waals surface area contributed by atoms with Gasteiger partial charge in [0.05, 0.1) is 23.3 Å². The summed E-state index contributed by atoms with van der Waals surface area (Å²) < 4.78 is 34.5. The van der Waals surface area contributed by atoms with Crippen LogP contribution in [0.25, 0.3) is 5.69 Å². The van der Waals surface area contributed by atoms with E-state index in [1.54, 1.807) is 37.4 Å². The Morgan fingerprint density at radius 2 is 1.71 bits per heavy atom. The first-order valence-corrected chi connectivity index (χ1v) is 14.1. The maximum atomic E-state index is 13.0. The van der Waals surface area contributed by atoms with Crippen LogP contribution in [0.2, 0.25) is 0 Å². The lowest BCUT2D eigenvalue weighted by molar-refractivity contribution is 0.0526. The number of hydrogen-bond donors (Lipinski definition) is 1. The largest absolute Gasteiger partial charge is 0.462 e. The number of aryl methyl sites for hydroxylation is 1. The van der Waals surface area contributed by atoms with Gasteiger partial charge in [-0.15, -0.1) is 0 Å². The second kappa shape index (κ2) is 11.7. The Kier molecular flexibility index (Phi) is 8.43. The molecule has 1 saturated heterocycles. The number of hydrogen-bond acceptors (Lipinski definition) is 6. The number of benzene rings is 2.